The molecule has 2 bridgehead atoms. The normalized spacial score (nSPS) is 58.5. The van der Waals surface area contributed by atoms with Crippen molar-refractivity contribution in [2.24, 2.45) is 56.7 Å². The Morgan fingerprint density at radius 1 is 0.970 bits per heavy atom. The van der Waals surface area contributed by atoms with E-state index in [-0.39, 0.29) is 34.2 Å². The summed E-state index contributed by atoms with van der Waals surface area (Å²) in [6.45, 7) is 18.9. The van der Waals surface area contributed by atoms with E-state index in [1.807, 2.05) is 0 Å². The van der Waals surface area contributed by atoms with Gasteiger partial charge in [-0.3, -0.25) is 4.79 Å². The summed E-state index contributed by atoms with van der Waals surface area (Å²) in [7, 11) is 0. The van der Waals surface area contributed by atoms with Gasteiger partial charge >= 0.3 is 5.97 Å². The molecule has 0 unspecified atom stereocenters. The molecule has 184 valence electrons. The van der Waals surface area contributed by atoms with Gasteiger partial charge in [-0.1, -0.05) is 46.8 Å². The zero-order valence-corrected chi connectivity index (χ0v) is 21.9. The molecule has 0 aromatic rings. The van der Waals surface area contributed by atoms with Crippen LogP contribution < -0.4 is 0 Å². The number of allylic oxidation sites excluding steroid dienone is 1. The topological polar surface area (TPSA) is 46.5 Å². The van der Waals surface area contributed by atoms with Gasteiger partial charge in [0.25, 0.3) is 0 Å². The predicted molar refractivity (Wildman–Crippen MR) is 130 cm³/mol. The van der Waals surface area contributed by atoms with Crippen molar-refractivity contribution in [2.45, 2.75) is 112 Å². The molecule has 0 radical (unpaired) electrons. The molecule has 7 aliphatic rings. The fourth-order valence-corrected chi connectivity index (χ4v) is 11.8. The van der Waals surface area contributed by atoms with Gasteiger partial charge in [-0.2, -0.15) is 0 Å². The molecule has 11 atom stereocenters. The standard InChI is InChI=1S/C30H46O3/c1-17(2)18-8-11-27(5)14-15-28(6)19(23(18)27)16-20(31)24-29(28,7)12-9-21-26(3,4)22-10-13-30(21,24)25(32)33-22/h18-24,31H,1,8-16H2,2-7H3/t18-,19+,20+,21-,22-,23+,24-,27+,28+,29+,30+/m0/s1. The van der Waals surface area contributed by atoms with Crippen LogP contribution in [-0.4, -0.2) is 23.3 Å². The van der Waals surface area contributed by atoms with Gasteiger partial charge in [0.2, 0.25) is 0 Å². The Hall–Kier alpha value is -0.830. The SMILES string of the molecule is C=C(C)[C@@H]1CC[C@]2(C)CC[C@]3(C)[C@H](C[C@@H](O)[C@@H]4[C@]56CC[C@H](OC5=O)C(C)(C)[C@@H]6CC[C@]43C)[C@@H]12. The second kappa shape index (κ2) is 6.48. The van der Waals surface area contributed by atoms with Crippen molar-refractivity contribution in [1.82, 2.24) is 0 Å². The highest BCUT2D eigenvalue weighted by Crippen LogP contribution is 2.78. The summed E-state index contributed by atoms with van der Waals surface area (Å²) >= 11 is 0. The third-order valence-electron chi connectivity index (χ3n) is 13.5. The molecule has 0 amide bonds. The first-order valence-corrected chi connectivity index (χ1v) is 13.9. The quantitative estimate of drug-likeness (QED) is 0.361. The average Bonchev–Trinajstić information content (AvgIpc) is 3.08. The molecule has 7 rings (SSSR count). The maximum Gasteiger partial charge on any atom is 0.313 e. The van der Waals surface area contributed by atoms with E-state index in [1.54, 1.807) is 0 Å². The molecule has 5 saturated carbocycles. The molecule has 3 heteroatoms. The monoisotopic (exact) mass is 454 g/mol. The number of rotatable bonds is 1. The van der Waals surface area contributed by atoms with E-state index >= 15 is 0 Å². The Labute approximate surface area is 201 Å². The number of carbonyl (C=O) groups is 1. The summed E-state index contributed by atoms with van der Waals surface area (Å²) in [5.74, 6) is 2.08. The molecule has 2 saturated heterocycles. The van der Waals surface area contributed by atoms with Crippen molar-refractivity contribution < 1.29 is 14.6 Å². The van der Waals surface area contributed by atoms with Crippen LogP contribution in [0.1, 0.15) is 99.3 Å². The highest BCUT2D eigenvalue weighted by Gasteiger charge is 2.77. The van der Waals surface area contributed by atoms with Crippen LogP contribution in [0, 0.1) is 56.7 Å². The number of hydrogen-bond acceptors (Lipinski definition) is 3. The number of hydrogen-bond donors (Lipinski definition) is 1. The number of aliphatic hydroxyl groups excluding tert-OH is 1. The zero-order valence-electron chi connectivity index (χ0n) is 21.9. The third-order valence-corrected chi connectivity index (χ3v) is 13.5. The first-order chi connectivity index (χ1) is 15.3. The summed E-state index contributed by atoms with van der Waals surface area (Å²) in [6, 6.07) is 0. The largest absolute Gasteiger partial charge is 0.461 e. The fraction of sp³-hybridized carbons (Fsp3) is 0.900. The van der Waals surface area contributed by atoms with E-state index < -0.39 is 11.5 Å². The first kappa shape index (κ1) is 22.6. The Morgan fingerprint density at radius 3 is 2.36 bits per heavy atom. The van der Waals surface area contributed by atoms with Gasteiger partial charge in [-0.25, -0.2) is 0 Å². The highest BCUT2D eigenvalue weighted by atomic mass is 16.6. The van der Waals surface area contributed by atoms with E-state index in [1.165, 1.54) is 31.3 Å². The highest BCUT2D eigenvalue weighted by molar-refractivity contribution is 5.80. The Bertz CT molecular complexity index is 906. The average molecular weight is 455 g/mol. The van der Waals surface area contributed by atoms with Gasteiger partial charge in [-0.15, -0.1) is 0 Å². The van der Waals surface area contributed by atoms with Crippen LogP contribution in [0.25, 0.3) is 0 Å². The molecular formula is C30H46O3. The number of esters is 1. The molecule has 7 fully saturated rings. The molecule has 33 heavy (non-hydrogen) atoms. The van der Waals surface area contributed by atoms with Crippen molar-refractivity contribution in [2.75, 3.05) is 0 Å². The second-order valence-corrected chi connectivity index (χ2v) is 14.8. The molecule has 1 N–H and O–H groups in total. The lowest BCUT2D eigenvalue weighted by Gasteiger charge is -2.74. The van der Waals surface area contributed by atoms with Crippen LogP contribution in [0.5, 0.6) is 0 Å². The van der Waals surface area contributed by atoms with Gasteiger partial charge in [0.1, 0.15) is 6.10 Å². The maximum absolute atomic E-state index is 13.7. The molecule has 0 aromatic heterocycles. The minimum atomic E-state index is -0.497. The van der Waals surface area contributed by atoms with Gasteiger partial charge in [0, 0.05) is 11.3 Å². The van der Waals surface area contributed by atoms with Crippen molar-refractivity contribution >= 4 is 5.97 Å². The second-order valence-electron chi connectivity index (χ2n) is 14.8. The van der Waals surface area contributed by atoms with Gasteiger partial charge in [0.15, 0.2) is 0 Å². The molecule has 2 heterocycles. The summed E-state index contributed by atoms with van der Waals surface area (Å²) in [4.78, 5) is 13.7. The van der Waals surface area contributed by atoms with Crippen LogP contribution in [0.4, 0.5) is 0 Å². The summed E-state index contributed by atoms with van der Waals surface area (Å²) in [5, 5.41) is 12.1. The Morgan fingerprint density at radius 2 is 1.70 bits per heavy atom. The van der Waals surface area contributed by atoms with Crippen LogP contribution in [0.2, 0.25) is 0 Å². The lowest BCUT2D eigenvalue weighted by Crippen LogP contribution is -2.74. The maximum atomic E-state index is 13.7. The third kappa shape index (κ3) is 2.40. The number of aliphatic hydroxyl groups is 1. The summed E-state index contributed by atoms with van der Waals surface area (Å²) < 4.78 is 6.14. The summed E-state index contributed by atoms with van der Waals surface area (Å²) in [6.07, 6.45) is 9.68. The van der Waals surface area contributed by atoms with E-state index in [4.69, 9.17) is 4.74 Å². The fourth-order valence-electron chi connectivity index (χ4n) is 11.8. The van der Waals surface area contributed by atoms with Crippen molar-refractivity contribution in [3.05, 3.63) is 12.2 Å². The smallest absolute Gasteiger partial charge is 0.313 e. The van der Waals surface area contributed by atoms with Gasteiger partial charge in [-0.05, 0) is 105 Å². The number of carbonyl (C=O) groups excluding carboxylic acids is 1. The van der Waals surface area contributed by atoms with Crippen molar-refractivity contribution in [3.63, 3.8) is 0 Å². The molecule has 0 aromatic carbocycles. The van der Waals surface area contributed by atoms with Gasteiger partial charge in [0.05, 0.1) is 11.5 Å². The van der Waals surface area contributed by atoms with Crippen LogP contribution in [0.3, 0.4) is 0 Å². The van der Waals surface area contributed by atoms with Gasteiger partial charge < -0.3 is 9.84 Å². The molecule has 2 aliphatic heterocycles. The predicted octanol–water partition coefficient (Wildman–Crippen LogP) is 6.54. The number of ether oxygens (including phenoxy) is 1. The minimum Gasteiger partial charge on any atom is -0.461 e. The van der Waals surface area contributed by atoms with E-state index in [2.05, 4.69) is 48.1 Å². The summed E-state index contributed by atoms with van der Waals surface area (Å²) in [5.41, 5.74) is 1.34. The lowest BCUT2D eigenvalue weighted by molar-refractivity contribution is -0.303. The Kier molecular flexibility index (Phi) is 4.44. The van der Waals surface area contributed by atoms with Crippen LogP contribution >= 0.6 is 0 Å². The van der Waals surface area contributed by atoms with Crippen LogP contribution in [-0.2, 0) is 9.53 Å². The van der Waals surface area contributed by atoms with Crippen molar-refractivity contribution in [1.29, 1.82) is 0 Å². The molecular weight excluding hydrogens is 408 g/mol. The molecule has 1 spiro atoms. The van der Waals surface area contributed by atoms with E-state index in [0.29, 0.717) is 29.1 Å². The zero-order chi connectivity index (χ0) is 23.8. The minimum absolute atomic E-state index is 0.00655. The number of fused-ring (bicyclic) bond motifs is 7. The van der Waals surface area contributed by atoms with E-state index in [9.17, 15) is 9.90 Å². The first-order valence-electron chi connectivity index (χ1n) is 13.9. The van der Waals surface area contributed by atoms with Crippen molar-refractivity contribution in [3.8, 4) is 0 Å². The van der Waals surface area contributed by atoms with E-state index in [0.717, 1.165) is 32.1 Å². The molecule has 3 nitrogen and oxygen atoms in total. The molecule has 5 aliphatic carbocycles. The van der Waals surface area contributed by atoms with Crippen LogP contribution in [0.15, 0.2) is 12.2 Å². The lowest BCUT2D eigenvalue weighted by atomic mass is 9.31. The Balaban J connectivity index is 1.48.